The van der Waals surface area contributed by atoms with Gasteiger partial charge in [0.2, 0.25) is 5.91 Å². The van der Waals surface area contributed by atoms with Gasteiger partial charge < -0.3 is 14.6 Å². The number of carbonyl (C=O) groups is 1. The highest BCUT2D eigenvalue weighted by Crippen LogP contribution is 2.33. The highest BCUT2D eigenvalue weighted by atomic mass is 32.2. The zero-order valence-electron chi connectivity index (χ0n) is 18.6. The first-order valence-corrected chi connectivity index (χ1v) is 12.1. The van der Waals surface area contributed by atoms with Crippen molar-refractivity contribution in [3.8, 4) is 11.3 Å². The Hall–Kier alpha value is -3.30. The van der Waals surface area contributed by atoms with Crippen LogP contribution in [0.1, 0.15) is 6.92 Å². The number of furan rings is 1. The van der Waals surface area contributed by atoms with E-state index in [2.05, 4.69) is 11.9 Å². The van der Waals surface area contributed by atoms with Crippen LogP contribution in [0.3, 0.4) is 0 Å². The highest BCUT2D eigenvalue weighted by Gasteiger charge is 2.22. The van der Waals surface area contributed by atoms with Crippen molar-refractivity contribution >= 4 is 50.6 Å². The van der Waals surface area contributed by atoms with Crippen molar-refractivity contribution in [3.63, 3.8) is 0 Å². The Kier molecular flexibility index (Phi) is 6.71. The van der Waals surface area contributed by atoms with E-state index in [1.54, 1.807) is 29.9 Å². The second-order valence-electron chi connectivity index (χ2n) is 7.60. The summed E-state index contributed by atoms with van der Waals surface area (Å²) in [5, 5.41) is 5.33. The van der Waals surface area contributed by atoms with Crippen LogP contribution in [0.2, 0.25) is 0 Å². The molecule has 1 amide bonds. The number of carbonyl (C=O) groups excluding carboxylic acids is 1. The lowest BCUT2D eigenvalue weighted by Crippen LogP contribution is -2.26. The first kappa shape index (κ1) is 22.9. The fraction of sp³-hybridized carbons (Fsp3) is 0.208. The van der Waals surface area contributed by atoms with Gasteiger partial charge in [-0.15, -0.1) is 17.9 Å². The third-order valence-corrected chi connectivity index (χ3v) is 7.02. The molecule has 1 atom stereocenters. The Morgan fingerprint density at radius 3 is 2.73 bits per heavy atom. The number of anilines is 2. The number of amides is 1. The molecule has 0 bridgehead atoms. The molecule has 3 heterocycles. The average molecular weight is 481 g/mol. The summed E-state index contributed by atoms with van der Waals surface area (Å²) in [4.78, 5) is 33.5. The number of benzene rings is 1. The normalized spacial score (nSPS) is 12.0. The van der Waals surface area contributed by atoms with E-state index in [0.29, 0.717) is 26.8 Å². The van der Waals surface area contributed by atoms with Crippen molar-refractivity contribution in [1.82, 2.24) is 9.55 Å². The van der Waals surface area contributed by atoms with Gasteiger partial charge in [0.05, 0.1) is 16.9 Å². The lowest BCUT2D eigenvalue weighted by Gasteiger charge is -2.16. The molecule has 33 heavy (non-hydrogen) atoms. The fourth-order valence-electron chi connectivity index (χ4n) is 3.30. The minimum Gasteiger partial charge on any atom is -0.464 e. The van der Waals surface area contributed by atoms with E-state index in [1.807, 2.05) is 54.7 Å². The van der Waals surface area contributed by atoms with Gasteiger partial charge in [0, 0.05) is 43.0 Å². The standard InChI is InChI=1S/C24H24N4O3S2/c1-5-12-28-23(30)20-18(19-7-6-13-31-19)14-32-22(20)26-24(28)33-15(2)21(29)25-16-8-10-17(11-9-16)27(3)4/h5-11,13-15H,1,12H2,2-4H3,(H,25,29)/t15-/m1/s1. The Balaban J connectivity index is 1.60. The van der Waals surface area contributed by atoms with Crippen molar-refractivity contribution < 1.29 is 9.21 Å². The van der Waals surface area contributed by atoms with Crippen LogP contribution in [0.4, 0.5) is 11.4 Å². The molecule has 4 aromatic rings. The van der Waals surface area contributed by atoms with Gasteiger partial charge in [-0.1, -0.05) is 17.8 Å². The first-order chi connectivity index (χ1) is 15.9. The monoisotopic (exact) mass is 480 g/mol. The van der Waals surface area contributed by atoms with Crippen LogP contribution in [0.15, 0.2) is 75.1 Å². The van der Waals surface area contributed by atoms with Crippen LogP contribution in [0, 0.1) is 0 Å². The Morgan fingerprint density at radius 1 is 1.33 bits per heavy atom. The number of rotatable bonds is 8. The zero-order valence-corrected chi connectivity index (χ0v) is 20.2. The predicted octanol–water partition coefficient (Wildman–Crippen LogP) is 5.09. The fourth-order valence-corrected chi connectivity index (χ4v) is 5.18. The van der Waals surface area contributed by atoms with Crippen LogP contribution in [-0.2, 0) is 11.3 Å². The second kappa shape index (κ2) is 9.68. The van der Waals surface area contributed by atoms with Crippen molar-refractivity contribution in [2.45, 2.75) is 23.9 Å². The van der Waals surface area contributed by atoms with Crippen LogP contribution in [0.5, 0.6) is 0 Å². The molecule has 1 N–H and O–H groups in total. The van der Waals surface area contributed by atoms with Crippen LogP contribution >= 0.6 is 23.1 Å². The molecule has 1 aromatic carbocycles. The predicted molar refractivity (Wildman–Crippen MR) is 136 cm³/mol. The molecule has 0 fully saturated rings. The molecule has 0 spiro atoms. The van der Waals surface area contributed by atoms with Crippen LogP contribution < -0.4 is 15.8 Å². The van der Waals surface area contributed by atoms with Gasteiger partial charge in [0.15, 0.2) is 5.16 Å². The Bertz CT molecular complexity index is 1340. The van der Waals surface area contributed by atoms with Gasteiger partial charge in [-0.05, 0) is 43.3 Å². The zero-order chi connectivity index (χ0) is 23.5. The Labute approximate surface area is 199 Å². The van der Waals surface area contributed by atoms with E-state index in [-0.39, 0.29) is 18.0 Å². The smallest absolute Gasteiger partial charge is 0.263 e. The SMILES string of the molecule is C=CCn1c(S[C@H](C)C(=O)Nc2ccc(N(C)C)cc2)nc2scc(-c3ccco3)c2c1=O. The van der Waals surface area contributed by atoms with Crippen molar-refractivity contribution in [3.05, 3.63) is 71.1 Å². The molecule has 0 radical (unpaired) electrons. The number of allylic oxidation sites excluding steroid dienone is 1. The van der Waals surface area contributed by atoms with E-state index < -0.39 is 5.25 Å². The van der Waals surface area contributed by atoms with E-state index in [4.69, 9.17) is 9.40 Å². The average Bonchev–Trinajstić information content (AvgIpc) is 3.46. The maximum absolute atomic E-state index is 13.4. The summed E-state index contributed by atoms with van der Waals surface area (Å²) < 4.78 is 7.04. The molecule has 0 saturated carbocycles. The summed E-state index contributed by atoms with van der Waals surface area (Å²) in [6.07, 6.45) is 3.22. The van der Waals surface area contributed by atoms with Gasteiger partial charge in [0.1, 0.15) is 10.6 Å². The van der Waals surface area contributed by atoms with E-state index in [0.717, 1.165) is 11.3 Å². The summed E-state index contributed by atoms with van der Waals surface area (Å²) >= 11 is 2.63. The number of nitrogens with one attached hydrogen (secondary N) is 1. The van der Waals surface area contributed by atoms with Gasteiger partial charge in [-0.2, -0.15) is 0 Å². The maximum Gasteiger partial charge on any atom is 0.263 e. The van der Waals surface area contributed by atoms with Crippen molar-refractivity contribution in [1.29, 1.82) is 0 Å². The van der Waals surface area contributed by atoms with Crippen LogP contribution in [0.25, 0.3) is 21.5 Å². The number of hydrogen-bond acceptors (Lipinski definition) is 7. The summed E-state index contributed by atoms with van der Waals surface area (Å²) in [6.45, 7) is 5.86. The van der Waals surface area contributed by atoms with E-state index >= 15 is 0 Å². The number of fused-ring (bicyclic) bond motifs is 1. The summed E-state index contributed by atoms with van der Waals surface area (Å²) in [5.74, 6) is 0.457. The van der Waals surface area contributed by atoms with Gasteiger partial charge in [-0.3, -0.25) is 14.2 Å². The minimum absolute atomic E-state index is 0.167. The van der Waals surface area contributed by atoms with Crippen LogP contribution in [-0.4, -0.2) is 34.8 Å². The summed E-state index contributed by atoms with van der Waals surface area (Å²) in [6, 6.07) is 11.2. The first-order valence-electron chi connectivity index (χ1n) is 10.3. The number of thiophene rings is 1. The quantitative estimate of drug-likeness (QED) is 0.215. The molecule has 7 nitrogen and oxygen atoms in total. The molecule has 0 aliphatic heterocycles. The minimum atomic E-state index is -0.469. The molecule has 4 rings (SSSR count). The molecule has 170 valence electrons. The molecular formula is C24H24N4O3S2. The molecule has 0 unspecified atom stereocenters. The lowest BCUT2D eigenvalue weighted by atomic mass is 10.2. The van der Waals surface area contributed by atoms with Gasteiger partial charge >= 0.3 is 0 Å². The molecular weight excluding hydrogens is 456 g/mol. The van der Waals surface area contributed by atoms with E-state index in [1.165, 1.54) is 23.1 Å². The van der Waals surface area contributed by atoms with E-state index in [9.17, 15) is 9.59 Å². The van der Waals surface area contributed by atoms with Crippen molar-refractivity contribution in [2.24, 2.45) is 0 Å². The number of thioether (sulfide) groups is 1. The highest BCUT2D eigenvalue weighted by molar-refractivity contribution is 8.00. The topological polar surface area (TPSA) is 80.4 Å². The largest absolute Gasteiger partial charge is 0.464 e. The summed E-state index contributed by atoms with van der Waals surface area (Å²) in [7, 11) is 3.92. The van der Waals surface area contributed by atoms with Crippen molar-refractivity contribution in [2.75, 3.05) is 24.3 Å². The molecule has 0 aliphatic rings. The number of nitrogens with zero attached hydrogens (tertiary/aromatic N) is 3. The Morgan fingerprint density at radius 2 is 2.09 bits per heavy atom. The maximum atomic E-state index is 13.4. The number of hydrogen-bond donors (Lipinski definition) is 1. The third-order valence-electron chi connectivity index (χ3n) is 5.06. The lowest BCUT2D eigenvalue weighted by molar-refractivity contribution is -0.115. The summed E-state index contributed by atoms with van der Waals surface area (Å²) in [5.41, 5.74) is 2.30. The van der Waals surface area contributed by atoms with Gasteiger partial charge in [0.25, 0.3) is 5.56 Å². The molecule has 0 saturated heterocycles. The second-order valence-corrected chi connectivity index (χ2v) is 9.76. The third kappa shape index (κ3) is 4.74. The molecule has 9 heteroatoms. The molecule has 0 aliphatic carbocycles. The van der Waals surface area contributed by atoms with Gasteiger partial charge in [-0.25, -0.2) is 4.98 Å². The molecule has 3 aromatic heterocycles. The number of aromatic nitrogens is 2.